The van der Waals surface area contributed by atoms with Gasteiger partial charge in [-0.05, 0) is 25.3 Å². The Balaban J connectivity index is 2.39. The van der Waals surface area contributed by atoms with Gasteiger partial charge in [-0.25, -0.2) is 4.79 Å². The van der Waals surface area contributed by atoms with Gasteiger partial charge in [-0.1, -0.05) is 6.92 Å². The lowest BCUT2D eigenvalue weighted by Crippen LogP contribution is -2.42. The normalized spacial score (nSPS) is 19.8. The third-order valence-electron chi connectivity index (χ3n) is 2.54. The Morgan fingerprint density at radius 3 is 2.43 bits per heavy atom. The number of aliphatic carboxylic acids is 1. The molecule has 0 saturated heterocycles. The molecule has 82 valence electrons. The SMILES string of the molecule is CN(CC1(C)CC1)CC(F)(F)C(=O)O. The Hall–Kier alpha value is -0.710. The van der Waals surface area contributed by atoms with Crippen LogP contribution in [0.3, 0.4) is 0 Å². The molecule has 0 aliphatic heterocycles. The van der Waals surface area contributed by atoms with Crippen LogP contribution in [0.25, 0.3) is 0 Å². The van der Waals surface area contributed by atoms with Crippen molar-refractivity contribution in [1.29, 1.82) is 0 Å². The summed E-state index contributed by atoms with van der Waals surface area (Å²) in [6.07, 6.45) is 2.08. The largest absolute Gasteiger partial charge is 0.477 e. The number of rotatable bonds is 5. The molecular weight excluding hydrogens is 192 g/mol. The van der Waals surface area contributed by atoms with Crippen molar-refractivity contribution in [2.24, 2.45) is 5.41 Å². The molecule has 0 amide bonds. The first kappa shape index (κ1) is 11.4. The maximum atomic E-state index is 12.8. The summed E-state index contributed by atoms with van der Waals surface area (Å²) in [5.41, 5.74) is 0.128. The second-order valence-corrected chi connectivity index (χ2v) is 4.49. The van der Waals surface area contributed by atoms with Crippen molar-refractivity contribution in [1.82, 2.24) is 4.90 Å². The summed E-state index contributed by atoms with van der Waals surface area (Å²) in [7, 11) is 1.53. The quantitative estimate of drug-likeness (QED) is 0.741. The van der Waals surface area contributed by atoms with E-state index >= 15 is 0 Å². The zero-order valence-electron chi connectivity index (χ0n) is 8.39. The van der Waals surface area contributed by atoms with Gasteiger partial charge in [-0.15, -0.1) is 0 Å². The average Bonchev–Trinajstić information content (AvgIpc) is 2.65. The van der Waals surface area contributed by atoms with E-state index in [2.05, 4.69) is 0 Å². The molecule has 3 nitrogen and oxygen atoms in total. The molecule has 1 saturated carbocycles. The zero-order chi connectivity index (χ0) is 11.0. The Morgan fingerprint density at radius 2 is 2.07 bits per heavy atom. The highest BCUT2D eigenvalue weighted by atomic mass is 19.3. The summed E-state index contributed by atoms with van der Waals surface area (Å²) in [6, 6.07) is 0. The van der Waals surface area contributed by atoms with Crippen LogP contribution in [0, 0.1) is 5.41 Å². The van der Waals surface area contributed by atoms with Gasteiger partial charge in [-0.2, -0.15) is 8.78 Å². The van der Waals surface area contributed by atoms with Crippen molar-refractivity contribution >= 4 is 5.97 Å². The lowest BCUT2D eigenvalue weighted by atomic mass is 10.1. The fourth-order valence-corrected chi connectivity index (χ4v) is 1.49. The van der Waals surface area contributed by atoms with Crippen LogP contribution in [0.2, 0.25) is 0 Å². The minimum Gasteiger partial charge on any atom is -0.477 e. The lowest BCUT2D eigenvalue weighted by Gasteiger charge is -2.23. The van der Waals surface area contributed by atoms with Gasteiger partial charge in [0.05, 0.1) is 6.54 Å². The highest BCUT2D eigenvalue weighted by molar-refractivity contribution is 5.75. The van der Waals surface area contributed by atoms with Crippen LogP contribution in [0.4, 0.5) is 8.78 Å². The van der Waals surface area contributed by atoms with Gasteiger partial charge < -0.3 is 5.11 Å². The molecule has 14 heavy (non-hydrogen) atoms. The number of nitrogens with zero attached hydrogens (tertiary/aromatic N) is 1. The van der Waals surface area contributed by atoms with E-state index in [0.717, 1.165) is 12.8 Å². The van der Waals surface area contributed by atoms with Crippen LogP contribution in [-0.4, -0.2) is 42.0 Å². The molecule has 0 aromatic rings. The lowest BCUT2D eigenvalue weighted by molar-refractivity contribution is -0.167. The summed E-state index contributed by atoms with van der Waals surface area (Å²) >= 11 is 0. The maximum Gasteiger partial charge on any atom is 0.375 e. The minimum atomic E-state index is -3.64. The summed E-state index contributed by atoms with van der Waals surface area (Å²) in [4.78, 5) is 11.6. The molecule has 1 aliphatic rings. The predicted molar refractivity (Wildman–Crippen MR) is 47.4 cm³/mol. The van der Waals surface area contributed by atoms with Crippen molar-refractivity contribution < 1.29 is 18.7 Å². The number of carboxylic acids is 1. The van der Waals surface area contributed by atoms with Gasteiger partial charge in [-0.3, -0.25) is 4.90 Å². The van der Waals surface area contributed by atoms with E-state index in [4.69, 9.17) is 5.11 Å². The molecule has 0 spiro atoms. The molecule has 0 heterocycles. The first-order valence-electron chi connectivity index (χ1n) is 4.55. The molecular formula is C9H15F2NO2. The number of carbonyl (C=O) groups is 1. The van der Waals surface area contributed by atoms with Gasteiger partial charge in [0.1, 0.15) is 0 Å². The van der Waals surface area contributed by atoms with Crippen molar-refractivity contribution in [3.05, 3.63) is 0 Å². The highest BCUT2D eigenvalue weighted by Crippen LogP contribution is 2.45. The molecule has 0 aromatic carbocycles. The number of hydrogen-bond acceptors (Lipinski definition) is 2. The molecule has 0 bridgehead atoms. The Kier molecular flexibility index (Phi) is 2.81. The molecule has 1 N–H and O–H groups in total. The third-order valence-corrected chi connectivity index (χ3v) is 2.54. The number of halogens is 2. The number of hydrogen-bond donors (Lipinski definition) is 1. The molecule has 1 rings (SSSR count). The van der Waals surface area contributed by atoms with Gasteiger partial charge in [0.15, 0.2) is 0 Å². The summed E-state index contributed by atoms with van der Waals surface area (Å²) in [5, 5.41) is 8.23. The van der Waals surface area contributed by atoms with Crippen LogP contribution in [0.1, 0.15) is 19.8 Å². The molecule has 0 aromatic heterocycles. The van der Waals surface area contributed by atoms with Crippen molar-refractivity contribution in [2.45, 2.75) is 25.7 Å². The van der Waals surface area contributed by atoms with Gasteiger partial charge >= 0.3 is 11.9 Å². The maximum absolute atomic E-state index is 12.8. The molecule has 0 atom stereocenters. The van der Waals surface area contributed by atoms with E-state index in [0.29, 0.717) is 6.54 Å². The summed E-state index contributed by atoms with van der Waals surface area (Å²) in [6.45, 7) is 1.84. The Morgan fingerprint density at radius 1 is 1.57 bits per heavy atom. The first-order valence-corrected chi connectivity index (χ1v) is 4.55. The monoisotopic (exact) mass is 207 g/mol. The summed E-state index contributed by atoms with van der Waals surface area (Å²) < 4.78 is 25.5. The van der Waals surface area contributed by atoms with Gasteiger partial charge in [0, 0.05) is 6.54 Å². The topological polar surface area (TPSA) is 40.5 Å². The standard InChI is InChI=1S/C9H15F2NO2/c1-8(3-4-8)5-12(2)6-9(10,11)7(13)14/h3-6H2,1-2H3,(H,13,14). The van der Waals surface area contributed by atoms with E-state index in [-0.39, 0.29) is 5.41 Å². The van der Waals surface area contributed by atoms with E-state index in [1.165, 1.54) is 11.9 Å². The number of alkyl halides is 2. The van der Waals surface area contributed by atoms with E-state index < -0.39 is 18.4 Å². The second kappa shape index (κ2) is 3.46. The van der Waals surface area contributed by atoms with Crippen molar-refractivity contribution in [3.63, 3.8) is 0 Å². The highest BCUT2D eigenvalue weighted by Gasteiger charge is 2.43. The zero-order valence-corrected chi connectivity index (χ0v) is 8.39. The minimum absolute atomic E-state index is 0.128. The average molecular weight is 207 g/mol. The third kappa shape index (κ3) is 2.90. The summed E-state index contributed by atoms with van der Waals surface area (Å²) in [5.74, 6) is -5.69. The fourth-order valence-electron chi connectivity index (χ4n) is 1.49. The second-order valence-electron chi connectivity index (χ2n) is 4.49. The van der Waals surface area contributed by atoms with Crippen LogP contribution in [0.5, 0.6) is 0 Å². The van der Waals surface area contributed by atoms with Crippen LogP contribution >= 0.6 is 0 Å². The number of carboxylic acid groups (broad SMARTS) is 1. The van der Waals surface area contributed by atoms with Crippen molar-refractivity contribution in [2.75, 3.05) is 20.1 Å². The fraction of sp³-hybridized carbons (Fsp3) is 0.889. The molecule has 0 radical (unpaired) electrons. The molecule has 0 unspecified atom stereocenters. The Labute approximate surface area is 81.7 Å². The van der Waals surface area contributed by atoms with E-state index in [1.807, 2.05) is 6.92 Å². The Bertz CT molecular complexity index is 239. The predicted octanol–water partition coefficient (Wildman–Crippen LogP) is 1.44. The molecule has 5 heteroatoms. The molecule has 1 fully saturated rings. The van der Waals surface area contributed by atoms with E-state index in [1.54, 1.807) is 0 Å². The van der Waals surface area contributed by atoms with Crippen LogP contribution < -0.4 is 0 Å². The first-order chi connectivity index (χ1) is 6.25. The van der Waals surface area contributed by atoms with Crippen LogP contribution in [-0.2, 0) is 4.79 Å². The van der Waals surface area contributed by atoms with E-state index in [9.17, 15) is 13.6 Å². The van der Waals surface area contributed by atoms with Crippen LogP contribution in [0.15, 0.2) is 0 Å². The smallest absolute Gasteiger partial charge is 0.375 e. The van der Waals surface area contributed by atoms with Gasteiger partial charge in [0.2, 0.25) is 0 Å². The van der Waals surface area contributed by atoms with Crippen molar-refractivity contribution in [3.8, 4) is 0 Å². The molecule has 1 aliphatic carbocycles. The van der Waals surface area contributed by atoms with Gasteiger partial charge in [0.25, 0.3) is 0 Å².